The largest absolute Gasteiger partial charge is 0.376 e. The monoisotopic (exact) mass is 198 g/mol. The van der Waals surface area contributed by atoms with Crippen LogP contribution in [0.15, 0.2) is 0 Å². The fourth-order valence-corrected chi connectivity index (χ4v) is 2.55. The Kier molecular flexibility index (Phi) is 3.42. The molecule has 2 saturated heterocycles. The van der Waals surface area contributed by atoms with Crippen molar-refractivity contribution in [2.75, 3.05) is 26.2 Å². The number of hydrogen-bond donors (Lipinski definition) is 1. The minimum absolute atomic E-state index is 0.410. The van der Waals surface area contributed by atoms with Crippen LogP contribution in [0.3, 0.4) is 0 Å². The molecule has 0 aromatic carbocycles. The molecule has 0 aromatic rings. The second kappa shape index (κ2) is 4.60. The van der Waals surface area contributed by atoms with Crippen molar-refractivity contribution in [1.29, 1.82) is 0 Å². The van der Waals surface area contributed by atoms with Gasteiger partial charge >= 0.3 is 0 Å². The van der Waals surface area contributed by atoms with Crippen molar-refractivity contribution < 1.29 is 4.74 Å². The minimum atomic E-state index is 0.410. The Morgan fingerprint density at radius 3 is 2.93 bits per heavy atom. The first-order valence-corrected chi connectivity index (χ1v) is 5.85. The van der Waals surface area contributed by atoms with Crippen LogP contribution in [0.1, 0.15) is 26.7 Å². The molecule has 82 valence electrons. The van der Waals surface area contributed by atoms with Crippen LogP contribution in [-0.4, -0.2) is 49.3 Å². The fraction of sp³-hybridized carbons (Fsp3) is 1.00. The van der Waals surface area contributed by atoms with Crippen LogP contribution in [0.4, 0.5) is 0 Å². The Bertz CT molecular complexity index is 180. The summed E-state index contributed by atoms with van der Waals surface area (Å²) in [4.78, 5) is 2.63. The van der Waals surface area contributed by atoms with E-state index in [0.29, 0.717) is 12.1 Å². The van der Waals surface area contributed by atoms with Crippen LogP contribution in [0.25, 0.3) is 0 Å². The number of ether oxygens (including phenoxy) is 1. The first-order chi connectivity index (χ1) is 6.77. The molecule has 2 aliphatic heterocycles. The minimum Gasteiger partial charge on any atom is -0.376 e. The highest BCUT2D eigenvalue weighted by atomic mass is 16.5. The molecule has 3 heteroatoms. The first-order valence-electron chi connectivity index (χ1n) is 5.85. The lowest BCUT2D eigenvalue weighted by Crippen LogP contribution is -2.56. The van der Waals surface area contributed by atoms with Gasteiger partial charge in [-0.3, -0.25) is 4.90 Å². The maximum Gasteiger partial charge on any atom is 0.0674 e. The molecule has 0 radical (unpaired) electrons. The molecule has 1 N–H and O–H groups in total. The molecule has 2 aliphatic rings. The van der Waals surface area contributed by atoms with Crippen LogP contribution in [0, 0.1) is 0 Å². The van der Waals surface area contributed by atoms with Gasteiger partial charge < -0.3 is 10.1 Å². The standard InChI is InChI=1S/C11H22N2O/c1-9-8-14-10(2)7-13(9)11-4-3-5-12-6-11/h9-12H,3-8H2,1-2H3. The van der Waals surface area contributed by atoms with E-state index in [1.54, 1.807) is 0 Å². The van der Waals surface area contributed by atoms with Gasteiger partial charge in [0, 0.05) is 25.2 Å². The number of nitrogens with one attached hydrogen (secondary N) is 1. The van der Waals surface area contributed by atoms with Crippen LogP contribution in [-0.2, 0) is 4.74 Å². The van der Waals surface area contributed by atoms with E-state index >= 15 is 0 Å². The lowest BCUT2D eigenvalue weighted by atomic mass is 10.0. The summed E-state index contributed by atoms with van der Waals surface area (Å²) in [7, 11) is 0. The SMILES string of the molecule is CC1CN(C2CCCNC2)C(C)CO1. The van der Waals surface area contributed by atoms with E-state index in [9.17, 15) is 0 Å². The molecule has 0 saturated carbocycles. The molecule has 3 nitrogen and oxygen atoms in total. The van der Waals surface area contributed by atoms with Gasteiger partial charge in [-0.05, 0) is 33.2 Å². The number of nitrogens with zero attached hydrogens (tertiary/aromatic N) is 1. The summed E-state index contributed by atoms with van der Waals surface area (Å²) in [5.74, 6) is 0. The van der Waals surface area contributed by atoms with E-state index in [1.165, 1.54) is 19.4 Å². The molecular weight excluding hydrogens is 176 g/mol. The molecule has 0 aromatic heterocycles. The average molecular weight is 198 g/mol. The molecule has 0 aliphatic carbocycles. The van der Waals surface area contributed by atoms with Crippen molar-refractivity contribution in [3.63, 3.8) is 0 Å². The maximum atomic E-state index is 5.65. The Morgan fingerprint density at radius 2 is 2.21 bits per heavy atom. The van der Waals surface area contributed by atoms with Gasteiger partial charge in [0.15, 0.2) is 0 Å². The zero-order valence-corrected chi connectivity index (χ0v) is 9.33. The summed E-state index contributed by atoms with van der Waals surface area (Å²) in [5, 5.41) is 3.49. The van der Waals surface area contributed by atoms with Gasteiger partial charge in [0.05, 0.1) is 12.7 Å². The third-order valence-electron chi connectivity index (χ3n) is 3.40. The van der Waals surface area contributed by atoms with E-state index in [1.807, 2.05) is 0 Å². The van der Waals surface area contributed by atoms with E-state index in [-0.39, 0.29) is 0 Å². The van der Waals surface area contributed by atoms with Crippen LogP contribution in [0.2, 0.25) is 0 Å². The van der Waals surface area contributed by atoms with Crippen LogP contribution in [0.5, 0.6) is 0 Å². The first kappa shape index (κ1) is 10.4. The highest BCUT2D eigenvalue weighted by molar-refractivity contribution is 4.85. The molecule has 14 heavy (non-hydrogen) atoms. The zero-order valence-electron chi connectivity index (χ0n) is 9.33. The molecule has 2 fully saturated rings. The smallest absolute Gasteiger partial charge is 0.0674 e. The van der Waals surface area contributed by atoms with Crippen molar-refractivity contribution in [3.05, 3.63) is 0 Å². The van der Waals surface area contributed by atoms with Crippen molar-refractivity contribution in [2.24, 2.45) is 0 Å². The topological polar surface area (TPSA) is 24.5 Å². The van der Waals surface area contributed by atoms with Gasteiger partial charge in [-0.15, -0.1) is 0 Å². The molecule has 2 rings (SSSR count). The second-order valence-electron chi connectivity index (χ2n) is 4.69. The Hall–Kier alpha value is -0.120. The molecule has 3 atom stereocenters. The Labute approximate surface area is 86.8 Å². The van der Waals surface area contributed by atoms with Gasteiger partial charge in [0.1, 0.15) is 0 Å². The molecule has 0 bridgehead atoms. The lowest BCUT2D eigenvalue weighted by Gasteiger charge is -2.43. The quantitative estimate of drug-likeness (QED) is 0.676. The maximum absolute atomic E-state index is 5.65. The predicted octanol–water partition coefficient (Wildman–Crippen LogP) is 0.848. The normalized spacial score (nSPS) is 41.1. The molecule has 2 heterocycles. The molecular formula is C11H22N2O. The van der Waals surface area contributed by atoms with Crippen LogP contribution < -0.4 is 5.32 Å². The summed E-state index contributed by atoms with van der Waals surface area (Å²) in [6.07, 6.45) is 3.08. The van der Waals surface area contributed by atoms with Gasteiger partial charge in [-0.1, -0.05) is 0 Å². The highest BCUT2D eigenvalue weighted by Gasteiger charge is 2.30. The second-order valence-corrected chi connectivity index (χ2v) is 4.69. The van der Waals surface area contributed by atoms with Crippen LogP contribution >= 0.6 is 0 Å². The third-order valence-corrected chi connectivity index (χ3v) is 3.40. The Morgan fingerprint density at radius 1 is 1.36 bits per heavy atom. The summed E-state index contributed by atoms with van der Waals surface area (Å²) in [6.45, 7) is 8.82. The van der Waals surface area contributed by atoms with E-state index in [0.717, 1.165) is 25.7 Å². The van der Waals surface area contributed by atoms with Crippen molar-refractivity contribution in [1.82, 2.24) is 10.2 Å². The summed E-state index contributed by atoms with van der Waals surface area (Å²) >= 11 is 0. The molecule has 0 spiro atoms. The fourth-order valence-electron chi connectivity index (χ4n) is 2.55. The highest BCUT2D eigenvalue weighted by Crippen LogP contribution is 2.18. The van der Waals surface area contributed by atoms with E-state index in [2.05, 4.69) is 24.1 Å². The van der Waals surface area contributed by atoms with Gasteiger partial charge in [-0.2, -0.15) is 0 Å². The number of hydrogen-bond acceptors (Lipinski definition) is 3. The summed E-state index contributed by atoms with van der Waals surface area (Å²) < 4.78 is 5.65. The Balaban J connectivity index is 1.92. The van der Waals surface area contributed by atoms with E-state index < -0.39 is 0 Å². The van der Waals surface area contributed by atoms with Crippen molar-refractivity contribution >= 4 is 0 Å². The van der Waals surface area contributed by atoms with Gasteiger partial charge in [0.2, 0.25) is 0 Å². The van der Waals surface area contributed by atoms with Crippen molar-refractivity contribution in [3.8, 4) is 0 Å². The lowest BCUT2D eigenvalue weighted by molar-refractivity contribution is -0.0688. The molecule has 3 unspecified atom stereocenters. The van der Waals surface area contributed by atoms with E-state index in [4.69, 9.17) is 4.74 Å². The average Bonchev–Trinajstić information content (AvgIpc) is 2.23. The summed E-state index contributed by atoms with van der Waals surface area (Å²) in [5.41, 5.74) is 0. The number of rotatable bonds is 1. The summed E-state index contributed by atoms with van der Waals surface area (Å²) in [6, 6.07) is 1.33. The number of morpholine rings is 1. The predicted molar refractivity (Wildman–Crippen MR) is 57.5 cm³/mol. The third kappa shape index (κ3) is 2.27. The van der Waals surface area contributed by atoms with Gasteiger partial charge in [-0.25, -0.2) is 0 Å². The van der Waals surface area contributed by atoms with Gasteiger partial charge in [0.25, 0.3) is 0 Å². The number of piperidine rings is 1. The molecule has 0 amide bonds. The van der Waals surface area contributed by atoms with Crippen molar-refractivity contribution in [2.45, 2.75) is 44.9 Å². The zero-order chi connectivity index (χ0) is 9.97.